The number of hydrogen-bond acceptors (Lipinski definition) is 4. The van der Waals surface area contributed by atoms with Crippen LogP contribution >= 0.6 is 0 Å². The smallest absolute Gasteiger partial charge is 0.422 e. The third-order valence-electron chi connectivity index (χ3n) is 2.81. The average molecular weight is 305 g/mol. The molecule has 0 bridgehead atoms. The van der Waals surface area contributed by atoms with Crippen LogP contribution in [0.25, 0.3) is 0 Å². The number of hydrogen-bond donors (Lipinski definition) is 0. The molecule has 1 aromatic carbocycles. The second-order valence-corrected chi connectivity index (χ2v) is 4.37. The molecule has 1 aliphatic rings. The molecule has 1 aliphatic heterocycles. The van der Waals surface area contributed by atoms with Crippen molar-refractivity contribution in [1.82, 2.24) is 4.90 Å². The summed E-state index contributed by atoms with van der Waals surface area (Å²) in [5.41, 5.74) is 0.713. The summed E-state index contributed by atoms with van der Waals surface area (Å²) in [6, 6.07) is 5.09. The third-order valence-corrected chi connectivity index (χ3v) is 2.81. The lowest BCUT2D eigenvalue weighted by Gasteiger charge is -2.21. The van der Waals surface area contributed by atoms with Crippen molar-refractivity contribution >= 4 is 6.09 Å². The number of amides is 1. The summed E-state index contributed by atoms with van der Waals surface area (Å²) in [5, 5.41) is 0. The summed E-state index contributed by atoms with van der Waals surface area (Å²) in [7, 11) is 0. The Kier molecular flexibility index (Phi) is 4.44. The minimum Gasteiger partial charge on any atom is -0.454 e. The maximum atomic E-state index is 12.0. The van der Waals surface area contributed by atoms with Crippen LogP contribution in [0, 0.1) is 0 Å². The van der Waals surface area contributed by atoms with E-state index in [9.17, 15) is 18.0 Å². The number of ether oxygens (including phenoxy) is 3. The minimum absolute atomic E-state index is 0.129. The van der Waals surface area contributed by atoms with E-state index in [0.717, 1.165) is 0 Å². The maximum Gasteiger partial charge on any atom is 0.422 e. The zero-order valence-corrected chi connectivity index (χ0v) is 11.3. The van der Waals surface area contributed by atoms with Gasteiger partial charge in [-0.1, -0.05) is 6.07 Å². The Labute approximate surface area is 119 Å². The second-order valence-electron chi connectivity index (χ2n) is 4.37. The first-order valence-electron chi connectivity index (χ1n) is 6.26. The van der Waals surface area contributed by atoms with E-state index >= 15 is 0 Å². The summed E-state index contributed by atoms with van der Waals surface area (Å²) < 4.78 is 50.7. The number of halogens is 3. The average Bonchev–Trinajstić information content (AvgIpc) is 2.88. The largest absolute Gasteiger partial charge is 0.454 e. The molecule has 0 radical (unpaired) electrons. The second kappa shape index (κ2) is 6.11. The third kappa shape index (κ3) is 4.17. The molecule has 1 heterocycles. The number of nitrogens with zero attached hydrogens (tertiary/aromatic N) is 1. The molecule has 0 N–H and O–H groups in total. The first-order valence-corrected chi connectivity index (χ1v) is 6.26. The van der Waals surface area contributed by atoms with Crippen molar-refractivity contribution in [1.29, 1.82) is 0 Å². The quantitative estimate of drug-likeness (QED) is 0.858. The fourth-order valence-corrected chi connectivity index (χ4v) is 1.80. The molecule has 0 fully saturated rings. The van der Waals surface area contributed by atoms with Crippen LogP contribution in [0.15, 0.2) is 18.2 Å². The monoisotopic (exact) mass is 305 g/mol. The van der Waals surface area contributed by atoms with E-state index in [1.165, 1.54) is 4.90 Å². The summed E-state index contributed by atoms with van der Waals surface area (Å²) in [6.07, 6.45) is -5.54. The van der Waals surface area contributed by atoms with Crippen molar-refractivity contribution in [3.05, 3.63) is 23.8 Å². The molecule has 0 saturated heterocycles. The molecular formula is C13H14F3NO4. The number of benzene rings is 1. The van der Waals surface area contributed by atoms with E-state index in [2.05, 4.69) is 4.74 Å². The Hall–Kier alpha value is -2.12. The number of carbonyl (C=O) groups is 1. The molecule has 116 valence electrons. The van der Waals surface area contributed by atoms with Crippen LogP contribution < -0.4 is 9.47 Å². The highest BCUT2D eigenvalue weighted by molar-refractivity contribution is 5.67. The number of rotatable bonds is 4. The molecule has 0 saturated carbocycles. The number of fused-ring (bicyclic) bond motifs is 1. The van der Waals surface area contributed by atoms with Crippen LogP contribution in [-0.2, 0) is 11.3 Å². The summed E-state index contributed by atoms with van der Waals surface area (Å²) in [5.74, 6) is 1.15. The van der Waals surface area contributed by atoms with E-state index in [0.29, 0.717) is 17.1 Å². The Morgan fingerprint density at radius 2 is 2.05 bits per heavy atom. The standard InChI is InChI=1S/C13H14F3NO4/c1-2-17(12(18)19-7-13(14,15)16)6-9-3-4-10-11(5-9)21-8-20-10/h3-5H,2,6-8H2,1H3. The molecule has 1 amide bonds. The predicted octanol–water partition coefficient (Wildman–Crippen LogP) is 2.94. The van der Waals surface area contributed by atoms with Gasteiger partial charge in [0.25, 0.3) is 0 Å². The molecular weight excluding hydrogens is 291 g/mol. The molecule has 2 rings (SSSR count). The molecule has 5 nitrogen and oxygen atoms in total. The van der Waals surface area contributed by atoms with Crippen molar-refractivity contribution in [2.45, 2.75) is 19.6 Å². The van der Waals surface area contributed by atoms with Crippen LogP contribution in [-0.4, -0.2) is 37.1 Å². The molecule has 0 atom stereocenters. The van der Waals surface area contributed by atoms with Crippen LogP contribution in [0.2, 0.25) is 0 Å². The van der Waals surface area contributed by atoms with Gasteiger partial charge in [-0.3, -0.25) is 0 Å². The maximum absolute atomic E-state index is 12.0. The normalized spacial score (nSPS) is 13.1. The van der Waals surface area contributed by atoms with Gasteiger partial charge in [-0.2, -0.15) is 13.2 Å². The minimum atomic E-state index is -4.53. The van der Waals surface area contributed by atoms with E-state index in [4.69, 9.17) is 9.47 Å². The lowest BCUT2D eigenvalue weighted by molar-refractivity contribution is -0.162. The predicted molar refractivity (Wildman–Crippen MR) is 66.1 cm³/mol. The zero-order chi connectivity index (χ0) is 15.5. The van der Waals surface area contributed by atoms with Gasteiger partial charge in [0.15, 0.2) is 18.1 Å². The Bertz CT molecular complexity index is 519. The molecule has 21 heavy (non-hydrogen) atoms. The van der Waals surface area contributed by atoms with Gasteiger partial charge in [-0.05, 0) is 24.6 Å². The molecule has 8 heteroatoms. The van der Waals surface area contributed by atoms with Gasteiger partial charge in [0.05, 0.1) is 0 Å². The Balaban J connectivity index is 1.97. The SMILES string of the molecule is CCN(Cc1ccc2c(c1)OCO2)C(=O)OCC(F)(F)F. The molecule has 0 aromatic heterocycles. The number of carbonyl (C=O) groups excluding carboxylic acids is 1. The number of alkyl halides is 3. The summed E-state index contributed by atoms with van der Waals surface area (Å²) >= 11 is 0. The van der Waals surface area contributed by atoms with Crippen molar-refractivity contribution in [2.24, 2.45) is 0 Å². The molecule has 0 spiro atoms. The van der Waals surface area contributed by atoms with Gasteiger partial charge in [-0.25, -0.2) is 4.79 Å². The van der Waals surface area contributed by atoms with Crippen LogP contribution in [0.4, 0.5) is 18.0 Å². The van der Waals surface area contributed by atoms with Crippen molar-refractivity contribution in [3.8, 4) is 11.5 Å². The van der Waals surface area contributed by atoms with Crippen molar-refractivity contribution in [2.75, 3.05) is 19.9 Å². The van der Waals surface area contributed by atoms with Gasteiger partial charge in [-0.15, -0.1) is 0 Å². The van der Waals surface area contributed by atoms with Gasteiger partial charge < -0.3 is 19.1 Å². The highest BCUT2D eigenvalue weighted by Gasteiger charge is 2.30. The zero-order valence-electron chi connectivity index (χ0n) is 11.3. The van der Waals surface area contributed by atoms with Crippen LogP contribution in [0.1, 0.15) is 12.5 Å². The fraction of sp³-hybridized carbons (Fsp3) is 0.462. The van der Waals surface area contributed by atoms with Gasteiger partial charge in [0, 0.05) is 13.1 Å². The van der Waals surface area contributed by atoms with E-state index < -0.39 is 18.9 Å². The first-order chi connectivity index (χ1) is 9.89. The highest BCUT2D eigenvalue weighted by atomic mass is 19.4. The topological polar surface area (TPSA) is 48.0 Å². The first kappa shape index (κ1) is 15.3. The lowest BCUT2D eigenvalue weighted by atomic mass is 10.2. The Morgan fingerprint density at radius 3 is 2.71 bits per heavy atom. The lowest BCUT2D eigenvalue weighted by Crippen LogP contribution is -2.33. The molecule has 0 aliphatic carbocycles. The van der Waals surface area contributed by atoms with Gasteiger partial charge in [0.1, 0.15) is 0 Å². The van der Waals surface area contributed by atoms with Crippen molar-refractivity contribution < 1.29 is 32.2 Å². The van der Waals surface area contributed by atoms with E-state index in [1.54, 1.807) is 25.1 Å². The van der Waals surface area contributed by atoms with E-state index in [1.807, 2.05) is 0 Å². The fourth-order valence-electron chi connectivity index (χ4n) is 1.80. The molecule has 1 aromatic rings. The molecule has 0 unspecified atom stereocenters. The summed E-state index contributed by atoms with van der Waals surface area (Å²) in [6.45, 7) is 0.546. The van der Waals surface area contributed by atoms with E-state index in [-0.39, 0.29) is 19.9 Å². The van der Waals surface area contributed by atoms with Crippen LogP contribution in [0.3, 0.4) is 0 Å². The Morgan fingerprint density at radius 1 is 1.33 bits per heavy atom. The van der Waals surface area contributed by atoms with Gasteiger partial charge >= 0.3 is 12.3 Å². The summed E-state index contributed by atoms with van der Waals surface area (Å²) in [4.78, 5) is 12.8. The van der Waals surface area contributed by atoms with Crippen molar-refractivity contribution in [3.63, 3.8) is 0 Å². The highest BCUT2D eigenvalue weighted by Crippen LogP contribution is 2.32. The van der Waals surface area contributed by atoms with Gasteiger partial charge in [0.2, 0.25) is 6.79 Å². The van der Waals surface area contributed by atoms with Crippen LogP contribution in [0.5, 0.6) is 11.5 Å².